The number of aromatic nitrogens is 4. The average molecular weight is 483 g/mol. The molecule has 0 saturated heterocycles. The van der Waals surface area contributed by atoms with Crippen molar-refractivity contribution in [2.45, 2.75) is 0 Å². The van der Waals surface area contributed by atoms with Crippen molar-refractivity contribution in [3.63, 3.8) is 0 Å². The molecule has 0 spiro atoms. The van der Waals surface area contributed by atoms with Gasteiger partial charge in [0.05, 0.1) is 22.4 Å². The van der Waals surface area contributed by atoms with E-state index in [0.29, 0.717) is 36.9 Å². The van der Waals surface area contributed by atoms with E-state index in [9.17, 15) is 0 Å². The third-order valence-corrected chi connectivity index (χ3v) is 4.49. The zero-order chi connectivity index (χ0) is 18.6. The molecule has 0 unspecified atom stereocenters. The normalized spacial score (nSPS) is 10.1. The van der Waals surface area contributed by atoms with Crippen molar-refractivity contribution in [3.05, 3.63) is 55.5 Å². The number of nitrogens with two attached hydrogens (primary N) is 2. The predicted molar refractivity (Wildman–Crippen MR) is 106 cm³/mol. The van der Waals surface area contributed by atoms with E-state index < -0.39 is 0 Å². The molecule has 0 fully saturated rings. The van der Waals surface area contributed by atoms with Crippen LogP contribution in [0.25, 0.3) is 11.3 Å². The molecule has 0 atom stereocenters. The lowest BCUT2D eigenvalue weighted by atomic mass is 10.1. The van der Waals surface area contributed by atoms with Gasteiger partial charge in [-0.2, -0.15) is 0 Å². The highest BCUT2D eigenvalue weighted by molar-refractivity contribution is 9.10. The molecule has 0 aliphatic rings. The largest absolute Gasteiger partial charge is 0.382 e. The summed E-state index contributed by atoms with van der Waals surface area (Å²) in [6, 6.07) is 5.22. The van der Waals surface area contributed by atoms with E-state index in [0.717, 1.165) is 0 Å². The van der Waals surface area contributed by atoms with Gasteiger partial charge < -0.3 is 11.5 Å². The van der Waals surface area contributed by atoms with Crippen molar-refractivity contribution in [1.82, 2.24) is 19.9 Å². The molecule has 0 aliphatic carbocycles. The van der Waals surface area contributed by atoms with Crippen LogP contribution in [0.1, 0.15) is 0 Å². The second kappa shape index (κ2) is 8.82. The summed E-state index contributed by atoms with van der Waals surface area (Å²) in [4.78, 5) is 15.5. The van der Waals surface area contributed by atoms with Gasteiger partial charge in [0.2, 0.25) is 0 Å². The van der Waals surface area contributed by atoms with Crippen LogP contribution >= 0.6 is 62.3 Å². The van der Waals surface area contributed by atoms with Crippen molar-refractivity contribution >= 4 is 74.0 Å². The number of nitrogens with zero attached hydrogens (tertiary/aromatic N) is 4. The first-order chi connectivity index (χ1) is 11.8. The zero-order valence-corrected chi connectivity index (χ0v) is 16.8. The van der Waals surface area contributed by atoms with E-state index in [-0.39, 0.29) is 11.0 Å². The van der Waals surface area contributed by atoms with Crippen LogP contribution in [-0.2, 0) is 0 Å². The Balaban J connectivity index is 0.000000212. The molecule has 3 aromatic rings. The van der Waals surface area contributed by atoms with Gasteiger partial charge in [0.1, 0.15) is 20.6 Å². The van der Waals surface area contributed by atoms with Gasteiger partial charge in [-0.05, 0) is 22.0 Å². The maximum absolute atomic E-state index is 6.05. The molecule has 2 aromatic heterocycles. The fraction of sp³-hybridized carbons (Fsp3) is 0. The monoisotopic (exact) mass is 480 g/mol. The third kappa shape index (κ3) is 5.29. The first-order valence-electron chi connectivity index (χ1n) is 6.45. The number of hydrogen-bond donors (Lipinski definition) is 2. The molecule has 6 nitrogen and oxygen atoms in total. The van der Waals surface area contributed by atoms with E-state index in [1.165, 1.54) is 12.4 Å². The topological polar surface area (TPSA) is 104 Å². The molecule has 0 saturated carbocycles. The Labute approximate surface area is 171 Å². The molecule has 0 amide bonds. The average Bonchev–Trinajstić information content (AvgIpc) is 2.55. The van der Waals surface area contributed by atoms with Crippen molar-refractivity contribution in [2.24, 2.45) is 0 Å². The Morgan fingerprint density at radius 3 is 2.00 bits per heavy atom. The number of nitrogen functional groups attached to an aromatic ring is 2. The molecule has 0 radical (unpaired) electrons. The molecule has 4 N–H and O–H groups in total. The molecular weight excluding hydrogens is 474 g/mol. The van der Waals surface area contributed by atoms with Crippen LogP contribution in [0.3, 0.4) is 0 Å². The first kappa shape index (κ1) is 19.9. The van der Waals surface area contributed by atoms with Crippen LogP contribution in [-0.4, -0.2) is 19.9 Å². The van der Waals surface area contributed by atoms with Crippen LogP contribution in [0.4, 0.5) is 11.6 Å². The Morgan fingerprint density at radius 1 is 0.840 bits per heavy atom. The summed E-state index contributed by atoms with van der Waals surface area (Å²) in [6.07, 6.45) is 2.83. The summed E-state index contributed by atoms with van der Waals surface area (Å²) in [5, 5.41) is 1.37. The number of benzene rings is 1. The highest BCUT2D eigenvalue weighted by Gasteiger charge is 2.12. The van der Waals surface area contributed by atoms with Crippen molar-refractivity contribution < 1.29 is 0 Å². The minimum absolute atomic E-state index is 0.219. The fourth-order valence-electron chi connectivity index (χ4n) is 1.64. The van der Waals surface area contributed by atoms with Crippen LogP contribution < -0.4 is 11.5 Å². The van der Waals surface area contributed by atoms with Gasteiger partial charge in [0.15, 0.2) is 11.6 Å². The molecule has 130 valence electrons. The van der Waals surface area contributed by atoms with Crippen LogP contribution in [0.2, 0.25) is 20.4 Å². The number of halogens is 5. The van der Waals surface area contributed by atoms with E-state index in [1.807, 2.05) is 0 Å². The van der Waals surface area contributed by atoms with Crippen molar-refractivity contribution in [1.29, 1.82) is 0 Å². The Bertz CT molecular complexity index is 908. The maximum atomic E-state index is 6.05. The lowest BCUT2D eigenvalue weighted by Gasteiger charge is -2.07. The predicted octanol–water partition coefficient (Wildman–Crippen LogP) is 5.16. The highest BCUT2D eigenvalue weighted by atomic mass is 79.9. The molecule has 25 heavy (non-hydrogen) atoms. The Hall–Kier alpha value is -1.38. The van der Waals surface area contributed by atoms with E-state index in [1.54, 1.807) is 18.2 Å². The lowest BCUT2D eigenvalue weighted by Crippen LogP contribution is -1.97. The van der Waals surface area contributed by atoms with E-state index >= 15 is 0 Å². The first-order valence-corrected chi connectivity index (χ1v) is 8.76. The van der Waals surface area contributed by atoms with Gasteiger partial charge in [0, 0.05) is 5.56 Å². The second-order valence-electron chi connectivity index (χ2n) is 4.40. The standard InChI is InChI=1S/C10H6Cl3N3.C4H3BrClN3/c11-6-3-1-2-5(8(6)13)9-10(14)16-7(12)4-15-9;5-3-4(7)9-2(6)1-8-3/h1-4H,(H2,14,16);1H,(H2,7,9). The highest BCUT2D eigenvalue weighted by Crippen LogP contribution is 2.34. The molecular formula is C14H9BrCl4N6. The summed E-state index contributed by atoms with van der Waals surface area (Å²) in [7, 11) is 0. The second-order valence-corrected chi connectivity index (χ2v) is 6.71. The Kier molecular flexibility index (Phi) is 7.04. The summed E-state index contributed by atoms with van der Waals surface area (Å²) in [6.45, 7) is 0. The van der Waals surface area contributed by atoms with Crippen LogP contribution in [0.5, 0.6) is 0 Å². The zero-order valence-electron chi connectivity index (χ0n) is 12.2. The van der Waals surface area contributed by atoms with Crippen LogP contribution in [0.15, 0.2) is 35.2 Å². The molecule has 0 aliphatic heterocycles. The molecule has 2 heterocycles. The Morgan fingerprint density at radius 2 is 1.44 bits per heavy atom. The van der Waals surface area contributed by atoms with Crippen molar-refractivity contribution in [3.8, 4) is 11.3 Å². The number of hydrogen-bond acceptors (Lipinski definition) is 6. The van der Waals surface area contributed by atoms with Gasteiger partial charge in [-0.1, -0.05) is 58.5 Å². The summed E-state index contributed by atoms with van der Waals surface area (Å²) in [5.74, 6) is 0.527. The van der Waals surface area contributed by atoms with Gasteiger partial charge in [-0.25, -0.2) is 19.9 Å². The summed E-state index contributed by atoms with van der Waals surface area (Å²) < 4.78 is 0.520. The minimum Gasteiger partial charge on any atom is -0.382 e. The molecule has 0 bridgehead atoms. The number of rotatable bonds is 1. The fourth-order valence-corrected chi connectivity index (χ4v) is 2.50. The smallest absolute Gasteiger partial charge is 0.158 e. The van der Waals surface area contributed by atoms with E-state index in [4.69, 9.17) is 57.9 Å². The van der Waals surface area contributed by atoms with Gasteiger partial charge in [-0.15, -0.1) is 0 Å². The van der Waals surface area contributed by atoms with Gasteiger partial charge >= 0.3 is 0 Å². The van der Waals surface area contributed by atoms with E-state index in [2.05, 4.69) is 35.9 Å². The maximum Gasteiger partial charge on any atom is 0.158 e. The minimum atomic E-state index is 0.219. The number of anilines is 2. The van der Waals surface area contributed by atoms with Crippen LogP contribution in [0, 0.1) is 0 Å². The van der Waals surface area contributed by atoms with Gasteiger partial charge in [-0.3, -0.25) is 0 Å². The summed E-state index contributed by atoms with van der Waals surface area (Å²) >= 11 is 26.1. The lowest BCUT2D eigenvalue weighted by molar-refractivity contribution is 1.18. The quantitative estimate of drug-likeness (QED) is 0.496. The summed E-state index contributed by atoms with van der Waals surface area (Å²) in [5.41, 5.74) is 12.1. The SMILES string of the molecule is Nc1nc(Cl)cnc1-c1cccc(Cl)c1Cl.Nc1nc(Cl)cnc1Br. The van der Waals surface area contributed by atoms with Gasteiger partial charge in [0.25, 0.3) is 0 Å². The third-order valence-electron chi connectivity index (χ3n) is 2.70. The van der Waals surface area contributed by atoms with Crippen molar-refractivity contribution in [2.75, 3.05) is 11.5 Å². The molecule has 1 aromatic carbocycles. The molecule has 3 rings (SSSR count). The molecule has 11 heteroatoms.